The van der Waals surface area contributed by atoms with E-state index in [1.54, 1.807) is 29.2 Å². The molecule has 0 unspecified atom stereocenters. The lowest BCUT2D eigenvalue weighted by molar-refractivity contribution is -0.142. The van der Waals surface area contributed by atoms with Gasteiger partial charge in [0.2, 0.25) is 5.91 Å². The van der Waals surface area contributed by atoms with Gasteiger partial charge in [-0.25, -0.2) is 0 Å². The second kappa shape index (κ2) is 13.3. The third-order valence-electron chi connectivity index (χ3n) is 5.66. The highest BCUT2D eigenvalue weighted by Crippen LogP contribution is 2.24. The van der Waals surface area contributed by atoms with Crippen LogP contribution in [0.4, 0.5) is 0 Å². The fourth-order valence-corrected chi connectivity index (χ4v) is 4.21. The van der Waals surface area contributed by atoms with E-state index >= 15 is 0 Å². The van der Waals surface area contributed by atoms with E-state index in [2.05, 4.69) is 5.32 Å². The van der Waals surface area contributed by atoms with E-state index in [1.807, 2.05) is 69.3 Å². The Morgan fingerprint density at radius 2 is 1.72 bits per heavy atom. The molecule has 0 saturated heterocycles. The molecule has 0 radical (unpaired) electrons. The highest BCUT2D eigenvalue weighted by Gasteiger charge is 2.31. The van der Waals surface area contributed by atoms with Crippen LogP contribution in [0.5, 0.6) is 5.75 Å². The number of rotatable bonds is 11. The Morgan fingerprint density at radius 1 is 0.972 bits per heavy atom. The van der Waals surface area contributed by atoms with E-state index in [-0.39, 0.29) is 30.9 Å². The average Bonchev–Trinajstić information content (AvgIpc) is 2.85. The topological polar surface area (TPSA) is 58.6 Å². The van der Waals surface area contributed by atoms with E-state index in [9.17, 15) is 9.59 Å². The summed E-state index contributed by atoms with van der Waals surface area (Å²) < 4.78 is 5.82. The molecule has 0 saturated carbocycles. The van der Waals surface area contributed by atoms with Crippen LogP contribution in [0.3, 0.4) is 0 Å². The predicted octanol–water partition coefficient (Wildman–Crippen LogP) is 6.09. The average molecular weight is 527 g/mol. The van der Waals surface area contributed by atoms with Crippen LogP contribution in [0.15, 0.2) is 72.8 Å². The van der Waals surface area contributed by atoms with Gasteiger partial charge in [-0.15, -0.1) is 0 Å². The predicted molar refractivity (Wildman–Crippen MR) is 145 cm³/mol. The third-order valence-corrected chi connectivity index (χ3v) is 6.25. The van der Waals surface area contributed by atoms with Crippen LogP contribution in [0.25, 0.3) is 0 Å². The number of aryl methyl sites for hydroxylation is 1. The van der Waals surface area contributed by atoms with Gasteiger partial charge in [0.05, 0.1) is 0 Å². The molecule has 5 nitrogen and oxygen atoms in total. The number of nitrogens with one attached hydrogen (secondary N) is 1. The molecule has 7 heteroatoms. The zero-order valence-corrected chi connectivity index (χ0v) is 22.4. The molecule has 3 rings (SSSR count). The first-order chi connectivity index (χ1) is 17.2. The van der Waals surface area contributed by atoms with Crippen LogP contribution in [0.2, 0.25) is 10.0 Å². The van der Waals surface area contributed by atoms with Crippen molar-refractivity contribution in [2.75, 3.05) is 13.2 Å². The molecule has 190 valence electrons. The van der Waals surface area contributed by atoms with Gasteiger partial charge in [-0.3, -0.25) is 9.59 Å². The first-order valence-corrected chi connectivity index (χ1v) is 12.7. The molecule has 36 heavy (non-hydrogen) atoms. The normalized spacial score (nSPS) is 11.7. The molecule has 0 fully saturated rings. The minimum Gasteiger partial charge on any atom is -0.484 e. The molecule has 3 aromatic carbocycles. The van der Waals surface area contributed by atoms with Gasteiger partial charge in [-0.1, -0.05) is 85.6 Å². The summed E-state index contributed by atoms with van der Waals surface area (Å²) in [5, 5.41) is 3.93. The first kappa shape index (κ1) is 27.6. The quantitative estimate of drug-likeness (QED) is 0.328. The summed E-state index contributed by atoms with van der Waals surface area (Å²) in [6.07, 6.45) is 0.353. The van der Waals surface area contributed by atoms with Crippen LogP contribution in [0, 0.1) is 12.8 Å². The summed E-state index contributed by atoms with van der Waals surface area (Å²) >= 11 is 12.6. The number of carbonyl (C=O) groups is 2. The fraction of sp³-hybridized carbons (Fsp3) is 0.310. The largest absolute Gasteiger partial charge is 0.484 e. The Morgan fingerprint density at radius 3 is 2.39 bits per heavy atom. The summed E-state index contributed by atoms with van der Waals surface area (Å²) in [5.41, 5.74) is 2.67. The van der Waals surface area contributed by atoms with Crippen molar-refractivity contribution in [3.8, 4) is 5.75 Å². The monoisotopic (exact) mass is 526 g/mol. The Balaban J connectivity index is 1.93. The van der Waals surface area contributed by atoms with Crippen LogP contribution in [-0.4, -0.2) is 35.9 Å². The van der Waals surface area contributed by atoms with E-state index in [0.29, 0.717) is 34.3 Å². The standard InChI is InChI=1S/C29H32Cl2N2O3/c1-20(2)17-32-29(35)27(15-22-9-5-4-6-10-22)33(18-23-12-13-24(30)16-26(23)31)28(34)19-36-25-11-7-8-21(3)14-25/h4-14,16,20,27H,15,17-19H2,1-3H3,(H,32,35)/t27-/m0/s1. The first-order valence-electron chi connectivity index (χ1n) is 12.0. The molecular weight excluding hydrogens is 495 g/mol. The smallest absolute Gasteiger partial charge is 0.261 e. The number of amides is 2. The van der Waals surface area contributed by atoms with Gasteiger partial charge < -0.3 is 15.0 Å². The summed E-state index contributed by atoms with van der Waals surface area (Å²) in [4.78, 5) is 28.6. The molecule has 0 aliphatic rings. The van der Waals surface area contributed by atoms with Crippen molar-refractivity contribution in [1.29, 1.82) is 0 Å². The maximum absolute atomic E-state index is 13.6. The van der Waals surface area contributed by atoms with Gasteiger partial charge in [-0.05, 0) is 53.8 Å². The van der Waals surface area contributed by atoms with Crippen molar-refractivity contribution in [2.45, 2.75) is 39.8 Å². The molecule has 3 aromatic rings. The number of hydrogen-bond donors (Lipinski definition) is 1. The molecule has 1 N–H and O–H groups in total. The lowest BCUT2D eigenvalue weighted by Gasteiger charge is -2.32. The lowest BCUT2D eigenvalue weighted by atomic mass is 10.0. The summed E-state index contributed by atoms with van der Waals surface area (Å²) in [6.45, 7) is 6.44. The number of carbonyl (C=O) groups excluding carboxylic acids is 2. The summed E-state index contributed by atoms with van der Waals surface area (Å²) in [6, 6.07) is 21.5. The molecule has 0 aromatic heterocycles. The van der Waals surface area contributed by atoms with Crippen LogP contribution in [0.1, 0.15) is 30.5 Å². The number of benzene rings is 3. The number of ether oxygens (including phenoxy) is 1. The minimum absolute atomic E-state index is 0.138. The zero-order valence-electron chi connectivity index (χ0n) is 20.8. The maximum atomic E-state index is 13.6. The van der Waals surface area contributed by atoms with E-state index in [4.69, 9.17) is 27.9 Å². The van der Waals surface area contributed by atoms with Crippen molar-refractivity contribution in [1.82, 2.24) is 10.2 Å². The van der Waals surface area contributed by atoms with E-state index < -0.39 is 6.04 Å². The van der Waals surface area contributed by atoms with Crippen LogP contribution in [-0.2, 0) is 22.6 Å². The molecule has 0 heterocycles. The Kier molecular flexibility index (Phi) is 10.2. The van der Waals surface area contributed by atoms with Gasteiger partial charge in [0.25, 0.3) is 5.91 Å². The lowest BCUT2D eigenvalue weighted by Crippen LogP contribution is -2.52. The van der Waals surface area contributed by atoms with Gasteiger partial charge in [0.15, 0.2) is 6.61 Å². The van der Waals surface area contributed by atoms with Gasteiger partial charge in [0.1, 0.15) is 11.8 Å². The van der Waals surface area contributed by atoms with Crippen molar-refractivity contribution in [3.63, 3.8) is 0 Å². The van der Waals surface area contributed by atoms with E-state index in [1.165, 1.54) is 0 Å². The number of halogens is 2. The zero-order chi connectivity index (χ0) is 26.1. The Bertz CT molecular complexity index is 1170. The number of nitrogens with zero attached hydrogens (tertiary/aromatic N) is 1. The molecule has 0 aliphatic carbocycles. The Labute approximate surface area is 223 Å². The van der Waals surface area contributed by atoms with Crippen molar-refractivity contribution in [3.05, 3.63) is 99.5 Å². The van der Waals surface area contributed by atoms with Gasteiger partial charge in [-0.2, -0.15) is 0 Å². The highest BCUT2D eigenvalue weighted by molar-refractivity contribution is 6.35. The molecule has 1 atom stereocenters. The van der Waals surface area contributed by atoms with Crippen LogP contribution >= 0.6 is 23.2 Å². The second-order valence-corrected chi connectivity index (χ2v) is 10.1. The van der Waals surface area contributed by atoms with Crippen molar-refractivity contribution < 1.29 is 14.3 Å². The maximum Gasteiger partial charge on any atom is 0.261 e. The highest BCUT2D eigenvalue weighted by atomic mass is 35.5. The molecule has 2 amide bonds. The van der Waals surface area contributed by atoms with Crippen molar-refractivity contribution in [2.24, 2.45) is 5.92 Å². The molecular formula is C29H32Cl2N2O3. The summed E-state index contributed by atoms with van der Waals surface area (Å²) in [7, 11) is 0. The summed E-state index contributed by atoms with van der Waals surface area (Å²) in [5.74, 6) is 0.326. The van der Waals surface area contributed by atoms with Crippen molar-refractivity contribution >= 4 is 35.0 Å². The van der Waals surface area contributed by atoms with E-state index in [0.717, 1.165) is 11.1 Å². The Hall–Kier alpha value is -3.02. The van der Waals surface area contributed by atoms with Gasteiger partial charge in [0, 0.05) is 29.6 Å². The molecule has 0 bridgehead atoms. The molecule has 0 aliphatic heterocycles. The molecule has 0 spiro atoms. The third kappa shape index (κ3) is 8.28. The minimum atomic E-state index is -0.758. The van der Waals surface area contributed by atoms with Gasteiger partial charge >= 0.3 is 0 Å². The number of hydrogen-bond acceptors (Lipinski definition) is 3. The van der Waals surface area contributed by atoms with Crippen LogP contribution < -0.4 is 10.1 Å². The second-order valence-electron chi connectivity index (χ2n) is 9.21. The SMILES string of the molecule is Cc1cccc(OCC(=O)N(Cc2ccc(Cl)cc2Cl)[C@@H](Cc2ccccc2)C(=O)NCC(C)C)c1. The fourth-order valence-electron chi connectivity index (χ4n) is 3.74.